The number of hydrogen-bond donors (Lipinski definition) is 2. The third-order valence-corrected chi connectivity index (χ3v) is 3.17. The first kappa shape index (κ1) is 13.2. The monoisotopic (exact) mass is 252 g/mol. The van der Waals surface area contributed by atoms with Gasteiger partial charge in [-0.1, -0.05) is 12.1 Å². The fourth-order valence-corrected chi connectivity index (χ4v) is 1.98. The van der Waals surface area contributed by atoms with Crippen molar-refractivity contribution in [3.8, 4) is 12.3 Å². The van der Waals surface area contributed by atoms with Crippen LogP contribution >= 0.6 is 0 Å². The van der Waals surface area contributed by atoms with E-state index in [1.54, 1.807) is 6.07 Å². The van der Waals surface area contributed by atoms with Gasteiger partial charge in [-0.05, 0) is 17.7 Å². The molecule has 6 heteroatoms. The van der Waals surface area contributed by atoms with Crippen LogP contribution in [0.15, 0.2) is 29.2 Å². The highest BCUT2D eigenvalue weighted by atomic mass is 32.2. The maximum absolute atomic E-state index is 11.2. The van der Waals surface area contributed by atoms with Crippen LogP contribution in [0.4, 0.5) is 0 Å². The first-order valence-electron chi connectivity index (χ1n) is 4.72. The number of rotatable bonds is 4. The van der Waals surface area contributed by atoms with Crippen molar-refractivity contribution in [2.75, 3.05) is 0 Å². The van der Waals surface area contributed by atoms with Gasteiger partial charge in [-0.2, -0.15) is 0 Å². The summed E-state index contributed by atoms with van der Waals surface area (Å²) in [7, 11) is -3.80. The molecule has 0 aliphatic rings. The molecule has 90 valence electrons. The van der Waals surface area contributed by atoms with E-state index in [4.69, 9.17) is 17.3 Å². The average molecular weight is 252 g/mol. The summed E-state index contributed by atoms with van der Waals surface area (Å²) in [4.78, 5) is 11.1. The molecule has 0 spiro atoms. The Morgan fingerprint density at radius 3 is 2.59 bits per heavy atom. The zero-order chi connectivity index (χ0) is 13.1. The summed E-state index contributed by atoms with van der Waals surface area (Å²) in [5.41, 5.74) is 5.65. The molecule has 5 nitrogen and oxygen atoms in total. The summed E-state index contributed by atoms with van der Waals surface area (Å²) >= 11 is 0. The van der Waals surface area contributed by atoms with Gasteiger partial charge in [0.2, 0.25) is 15.9 Å². The number of carbonyl (C=O) groups excluding carboxylic acids is 1. The van der Waals surface area contributed by atoms with Gasteiger partial charge in [-0.25, -0.2) is 13.6 Å². The fourth-order valence-electron chi connectivity index (χ4n) is 1.41. The molecule has 1 aromatic carbocycles. The molecule has 0 fully saturated rings. The van der Waals surface area contributed by atoms with E-state index >= 15 is 0 Å². The molecule has 0 aliphatic carbocycles. The molecule has 0 radical (unpaired) electrons. The van der Waals surface area contributed by atoms with E-state index in [1.165, 1.54) is 18.2 Å². The second kappa shape index (κ2) is 4.99. The number of carbonyl (C=O) groups is 1. The van der Waals surface area contributed by atoms with E-state index in [2.05, 4.69) is 5.92 Å². The minimum absolute atomic E-state index is 0.0710. The molecule has 0 bridgehead atoms. The minimum atomic E-state index is -3.80. The number of primary amides is 1. The van der Waals surface area contributed by atoms with Crippen LogP contribution in [0, 0.1) is 12.3 Å². The highest BCUT2D eigenvalue weighted by Gasteiger charge is 2.18. The molecule has 0 aromatic heterocycles. The van der Waals surface area contributed by atoms with Crippen molar-refractivity contribution in [3.63, 3.8) is 0 Å². The zero-order valence-corrected chi connectivity index (χ0v) is 9.78. The highest BCUT2D eigenvalue weighted by Crippen LogP contribution is 2.21. The van der Waals surface area contributed by atoms with Crippen LogP contribution in [-0.2, 0) is 14.8 Å². The van der Waals surface area contributed by atoms with Gasteiger partial charge in [0.25, 0.3) is 0 Å². The van der Waals surface area contributed by atoms with Crippen molar-refractivity contribution in [1.82, 2.24) is 0 Å². The van der Waals surface area contributed by atoms with Crippen molar-refractivity contribution in [1.29, 1.82) is 0 Å². The van der Waals surface area contributed by atoms with Crippen LogP contribution in [0.5, 0.6) is 0 Å². The number of nitrogens with two attached hydrogens (primary N) is 2. The fraction of sp³-hybridized carbons (Fsp3) is 0.182. The maximum Gasteiger partial charge on any atom is 0.238 e. The van der Waals surface area contributed by atoms with Gasteiger partial charge in [0.05, 0.1) is 10.8 Å². The van der Waals surface area contributed by atoms with Gasteiger partial charge in [-0.15, -0.1) is 12.3 Å². The van der Waals surface area contributed by atoms with Crippen molar-refractivity contribution >= 4 is 15.9 Å². The SMILES string of the molecule is C#CCC(C(N)=O)c1cccc(S(N)(=O)=O)c1. The lowest BCUT2D eigenvalue weighted by Crippen LogP contribution is -2.21. The van der Waals surface area contributed by atoms with Gasteiger partial charge in [-0.3, -0.25) is 4.79 Å². The van der Waals surface area contributed by atoms with Gasteiger partial charge in [0, 0.05) is 6.42 Å². The van der Waals surface area contributed by atoms with Crippen molar-refractivity contribution in [2.45, 2.75) is 17.2 Å². The van der Waals surface area contributed by atoms with Crippen LogP contribution in [0.2, 0.25) is 0 Å². The Kier molecular flexibility index (Phi) is 3.89. The van der Waals surface area contributed by atoms with Crippen LogP contribution < -0.4 is 10.9 Å². The number of sulfonamides is 1. The summed E-state index contributed by atoms with van der Waals surface area (Å²) in [6.45, 7) is 0. The van der Waals surface area contributed by atoms with Gasteiger partial charge in [0.1, 0.15) is 0 Å². The topological polar surface area (TPSA) is 103 Å². The molecular formula is C11H12N2O3S. The molecule has 0 saturated carbocycles. The van der Waals surface area contributed by atoms with Crippen LogP contribution in [0.3, 0.4) is 0 Å². The zero-order valence-electron chi connectivity index (χ0n) is 8.96. The van der Waals surface area contributed by atoms with Gasteiger partial charge in [0.15, 0.2) is 0 Å². The Labute approximate surface area is 99.9 Å². The van der Waals surface area contributed by atoms with E-state index in [-0.39, 0.29) is 11.3 Å². The predicted octanol–water partition coefficient (Wildman–Crippen LogP) is -0.0738. The molecule has 1 atom stereocenters. The van der Waals surface area contributed by atoms with Crippen molar-refractivity contribution in [3.05, 3.63) is 29.8 Å². The average Bonchev–Trinajstić information content (AvgIpc) is 2.24. The van der Waals surface area contributed by atoms with E-state index in [9.17, 15) is 13.2 Å². The van der Waals surface area contributed by atoms with E-state index in [0.717, 1.165) is 0 Å². The molecular weight excluding hydrogens is 240 g/mol. The molecule has 4 N–H and O–H groups in total. The third-order valence-electron chi connectivity index (χ3n) is 2.25. The number of amides is 1. The lowest BCUT2D eigenvalue weighted by Gasteiger charge is -2.11. The van der Waals surface area contributed by atoms with E-state index in [1.807, 2.05) is 0 Å². The molecule has 0 aliphatic heterocycles. The smallest absolute Gasteiger partial charge is 0.238 e. The molecule has 0 saturated heterocycles. The predicted molar refractivity (Wildman–Crippen MR) is 63.2 cm³/mol. The Balaban J connectivity index is 3.23. The Hall–Kier alpha value is -1.84. The number of primary sulfonamides is 1. The second-order valence-electron chi connectivity index (χ2n) is 3.48. The maximum atomic E-state index is 11.2. The first-order chi connectivity index (χ1) is 7.86. The largest absolute Gasteiger partial charge is 0.369 e. The molecule has 17 heavy (non-hydrogen) atoms. The van der Waals surface area contributed by atoms with Crippen LogP contribution in [-0.4, -0.2) is 14.3 Å². The quantitative estimate of drug-likeness (QED) is 0.733. The van der Waals surface area contributed by atoms with Gasteiger partial charge < -0.3 is 5.73 Å². The van der Waals surface area contributed by atoms with Crippen molar-refractivity contribution in [2.24, 2.45) is 10.9 Å². The summed E-state index contributed by atoms with van der Waals surface area (Å²) < 4.78 is 22.3. The summed E-state index contributed by atoms with van der Waals surface area (Å²) in [6, 6.07) is 5.72. The van der Waals surface area contributed by atoms with Crippen LogP contribution in [0.25, 0.3) is 0 Å². The summed E-state index contributed by atoms with van der Waals surface area (Å²) in [5.74, 6) is 1.02. The molecule has 1 unspecified atom stereocenters. The van der Waals surface area contributed by atoms with Crippen LogP contribution in [0.1, 0.15) is 17.9 Å². The molecule has 0 heterocycles. The number of hydrogen-bond acceptors (Lipinski definition) is 3. The summed E-state index contributed by atoms with van der Waals surface area (Å²) in [6.07, 6.45) is 5.24. The minimum Gasteiger partial charge on any atom is -0.369 e. The number of benzene rings is 1. The summed E-state index contributed by atoms with van der Waals surface area (Å²) in [5, 5.41) is 4.99. The lowest BCUT2D eigenvalue weighted by molar-refractivity contribution is -0.119. The Morgan fingerprint density at radius 2 is 2.12 bits per heavy atom. The van der Waals surface area contributed by atoms with E-state index in [0.29, 0.717) is 5.56 Å². The third kappa shape index (κ3) is 3.31. The molecule has 1 amide bonds. The molecule has 1 rings (SSSR count). The Morgan fingerprint density at radius 1 is 1.47 bits per heavy atom. The molecule has 1 aromatic rings. The normalized spacial score (nSPS) is 12.7. The standard InChI is InChI=1S/C11H12N2O3S/c1-2-4-10(11(12)14)8-5-3-6-9(7-8)17(13,15)16/h1,3,5-7,10H,4H2,(H2,12,14)(H2,13,15,16). The highest BCUT2D eigenvalue weighted by molar-refractivity contribution is 7.89. The van der Waals surface area contributed by atoms with Gasteiger partial charge >= 0.3 is 0 Å². The lowest BCUT2D eigenvalue weighted by atomic mass is 9.95. The number of terminal acetylenes is 1. The second-order valence-corrected chi connectivity index (χ2v) is 5.04. The van der Waals surface area contributed by atoms with E-state index < -0.39 is 21.8 Å². The Bertz CT molecular complexity index is 573. The first-order valence-corrected chi connectivity index (χ1v) is 6.26. The van der Waals surface area contributed by atoms with Crippen molar-refractivity contribution < 1.29 is 13.2 Å².